The van der Waals surface area contributed by atoms with Crippen LogP contribution in [0.4, 0.5) is 18.9 Å². The maximum absolute atomic E-state index is 13.7. The number of hydrogen-bond acceptors (Lipinski definition) is 6. The number of alkyl halides is 3. The highest BCUT2D eigenvalue weighted by Gasteiger charge is 2.36. The third kappa shape index (κ3) is 7.22. The Kier molecular flexibility index (Phi) is 9.52. The SMILES string of the molecule is CCOC(=O)CCN(CC(=O)N1CCc2cc(OCc3cc(-c4ccccc4)c(C(F)(F)F)s3)ccc21)C(C)C. The Balaban J connectivity index is 1.41. The highest BCUT2D eigenvalue weighted by Crippen LogP contribution is 2.43. The second kappa shape index (κ2) is 12.9. The van der Waals surface area contributed by atoms with Crippen LogP contribution in [0.25, 0.3) is 11.1 Å². The molecule has 0 aliphatic carbocycles. The Morgan fingerprint density at radius 1 is 1.10 bits per heavy atom. The molecule has 214 valence electrons. The van der Waals surface area contributed by atoms with Crippen LogP contribution in [0.2, 0.25) is 0 Å². The number of fused-ring (bicyclic) bond motifs is 1. The molecule has 0 radical (unpaired) electrons. The number of amides is 1. The number of benzene rings is 2. The number of thiophene rings is 1. The molecule has 0 bridgehead atoms. The molecule has 0 atom stereocenters. The first kappa shape index (κ1) is 29.6. The van der Waals surface area contributed by atoms with Crippen LogP contribution in [0, 0.1) is 0 Å². The van der Waals surface area contributed by atoms with E-state index >= 15 is 0 Å². The van der Waals surface area contributed by atoms with Gasteiger partial charge in [0.15, 0.2) is 0 Å². The first-order valence-electron chi connectivity index (χ1n) is 13.3. The summed E-state index contributed by atoms with van der Waals surface area (Å²) in [7, 11) is 0. The summed E-state index contributed by atoms with van der Waals surface area (Å²) in [6.07, 6.45) is -3.59. The summed E-state index contributed by atoms with van der Waals surface area (Å²) >= 11 is 0.690. The van der Waals surface area contributed by atoms with Crippen molar-refractivity contribution in [3.8, 4) is 16.9 Å². The smallest absolute Gasteiger partial charge is 0.426 e. The van der Waals surface area contributed by atoms with Gasteiger partial charge in [0.1, 0.15) is 17.2 Å². The molecule has 1 aliphatic rings. The lowest BCUT2D eigenvalue weighted by molar-refractivity contribution is -0.143. The van der Waals surface area contributed by atoms with Crippen LogP contribution in [-0.4, -0.2) is 49.1 Å². The second-order valence-electron chi connectivity index (χ2n) is 9.81. The standard InChI is InChI=1S/C30H33F3N2O4S/c1-4-38-28(37)13-14-34(20(2)3)18-27(36)35-15-12-22-16-23(10-11-26(22)35)39-19-24-17-25(21-8-6-5-7-9-21)29(40-24)30(31,32)33/h5-11,16-17,20H,4,12-15,18-19H2,1-3H3. The Hall–Kier alpha value is -3.37. The number of ether oxygens (including phenoxy) is 2. The van der Waals surface area contributed by atoms with Crippen molar-refractivity contribution in [3.63, 3.8) is 0 Å². The summed E-state index contributed by atoms with van der Waals surface area (Å²) in [4.78, 5) is 28.5. The fourth-order valence-electron chi connectivity index (χ4n) is 4.68. The summed E-state index contributed by atoms with van der Waals surface area (Å²) in [6.45, 7) is 7.19. The lowest BCUT2D eigenvalue weighted by atomic mass is 10.1. The van der Waals surface area contributed by atoms with E-state index in [2.05, 4.69) is 0 Å². The van der Waals surface area contributed by atoms with Crippen molar-refractivity contribution in [2.75, 3.05) is 31.1 Å². The zero-order valence-electron chi connectivity index (χ0n) is 22.8. The van der Waals surface area contributed by atoms with Gasteiger partial charge in [-0.1, -0.05) is 30.3 Å². The Morgan fingerprint density at radius 3 is 2.52 bits per heavy atom. The number of nitrogens with zero attached hydrogens (tertiary/aromatic N) is 2. The van der Waals surface area contributed by atoms with E-state index in [1.54, 1.807) is 54.3 Å². The van der Waals surface area contributed by atoms with E-state index in [0.717, 1.165) is 11.3 Å². The summed E-state index contributed by atoms with van der Waals surface area (Å²) in [5.74, 6) is 0.194. The maximum Gasteiger partial charge on any atom is 0.426 e. The third-order valence-corrected chi connectivity index (χ3v) is 7.88. The topological polar surface area (TPSA) is 59.1 Å². The van der Waals surface area contributed by atoms with Crippen LogP contribution < -0.4 is 9.64 Å². The molecular weight excluding hydrogens is 541 g/mol. The quantitative estimate of drug-likeness (QED) is 0.243. The minimum atomic E-state index is -4.46. The van der Waals surface area contributed by atoms with Gasteiger partial charge in [0.25, 0.3) is 0 Å². The van der Waals surface area contributed by atoms with E-state index in [1.165, 1.54) is 0 Å². The van der Waals surface area contributed by atoms with Gasteiger partial charge in [-0.3, -0.25) is 14.5 Å². The van der Waals surface area contributed by atoms with Gasteiger partial charge < -0.3 is 14.4 Å². The molecule has 0 fully saturated rings. The van der Waals surface area contributed by atoms with Gasteiger partial charge in [0.2, 0.25) is 5.91 Å². The Labute approximate surface area is 236 Å². The van der Waals surface area contributed by atoms with Crippen LogP contribution in [0.1, 0.15) is 42.5 Å². The molecule has 0 saturated heterocycles. The largest absolute Gasteiger partial charge is 0.488 e. The summed E-state index contributed by atoms with van der Waals surface area (Å²) in [5, 5.41) is 0. The first-order chi connectivity index (χ1) is 19.1. The number of anilines is 1. The van der Waals surface area contributed by atoms with Crippen molar-refractivity contribution in [1.82, 2.24) is 4.90 Å². The third-order valence-electron chi connectivity index (χ3n) is 6.73. The van der Waals surface area contributed by atoms with Gasteiger partial charge in [-0.15, -0.1) is 11.3 Å². The van der Waals surface area contributed by atoms with E-state index in [-0.39, 0.29) is 43.1 Å². The number of rotatable bonds is 11. The number of carbonyl (C=O) groups is 2. The number of hydrogen-bond donors (Lipinski definition) is 0. The minimum Gasteiger partial charge on any atom is -0.488 e. The Bertz CT molecular complexity index is 1320. The fourth-order valence-corrected chi connectivity index (χ4v) is 5.64. The molecule has 1 aromatic heterocycles. The van der Waals surface area contributed by atoms with Crippen molar-refractivity contribution >= 4 is 28.9 Å². The molecule has 0 N–H and O–H groups in total. The average Bonchev–Trinajstić information content (AvgIpc) is 3.55. The number of halogens is 3. The van der Waals surface area contributed by atoms with Crippen molar-refractivity contribution in [2.45, 2.75) is 52.4 Å². The van der Waals surface area contributed by atoms with Crippen LogP contribution in [0.3, 0.4) is 0 Å². The monoisotopic (exact) mass is 574 g/mol. The zero-order chi connectivity index (χ0) is 28.9. The molecule has 1 amide bonds. The summed E-state index contributed by atoms with van der Waals surface area (Å²) < 4.78 is 52.0. The van der Waals surface area contributed by atoms with Crippen LogP contribution in [-0.2, 0) is 33.5 Å². The van der Waals surface area contributed by atoms with Gasteiger partial charge in [-0.05, 0) is 62.6 Å². The van der Waals surface area contributed by atoms with Crippen molar-refractivity contribution in [1.29, 1.82) is 0 Å². The van der Waals surface area contributed by atoms with Gasteiger partial charge >= 0.3 is 12.1 Å². The second-order valence-corrected chi connectivity index (χ2v) is 10.9. The highest BCUT2D eigenvalue weighted by molar-refractivity contribution is 7.12. The van der Waals surface area contributed by atoms with E-state index in [9.17, 15) is 22.8 Å². The number of carbonyl (C=O) groups excluding carboxylic acids is 2. The van der Waals surface area contributed by atoms with E-state index in [4.69, 9.17) is 9.47 Å². The lowest BCUT2D eigenvalue weighted by Crippen LogP contribution is -2.43. The molecule has 3 aromatic rings. The molecule has 6 nitrogen and oxygen atoms in total. The highest BCUT2D eigenvalue weighted by atomic mass is 32.1. The van der Waals surface area contributed by atoms with Gasteiger partial charge in [0, 0.05) is 35.3 Å². The van der Waals surface area contributed by atoms with Crippen LogP contribution in [0.15, 0.2) is 54.6 Å². The molecule has 4 rings (SSSR count). The first-order valence-corrected chi connectivity index (χ1v) is 14.1. The van der Waals surface area contributed by atoms with Crippen molar-refractivity contribution in [3.05, 3.63) is 69.9 Å². The van der Waals surface area contributed by atoms with Crippen LogP contribution in [0.5, 0.6) is 5.75 Å². The fraction of sp³-hybridized carbons (Fsp3) is 0.400. The van der Waals surface area contributed by atoms with Gasteiger partial charge in [-0.2, -0.15) is 13.2 Å². The normalized spacial score (nSPS) is 13.2. The lowest BCUT2D eigenvalue weighted by Gasteiger charge is -2.28. The summed E-state index contributed by atoms with van der Waals surface area (Å²) in [6, 6.07) is 15.5. The van der Waals surface area contributed by atoms with E-state index < -0.39 is 11.1 Å². The van der Waals surface area contributed by atoms with Crippen molar-refractivity contribution < 1.29 is 32.2 Å². The zero-order valence-corrected chi connectivity index (χ0v) is 23.6. The summed E-state index contributed by atoms with van der Waals surface area (Å²) in [5.41, 5.74) is 2.41. The maximum atomic E-state index is 13.7. The van der Waals surface area contributed by atoms with Gasteiger partial charge in [0.05, 0.1) is 19.6 Å². The van der Waals surface area contributed by atoms with E-state index in [1.807, 2.05) is 30.9 Å². The molecule has 40 heavy (non-hydrogen) atoms. The molecule has 2 aromatic carbocycles. The molecule has 2 heterocycles. The molecular formula is C30H33F3N2O4S. The molecule has 0 saturated carbocycles. The predicted molar refractivity (Wildman–Crippen MR) is 150 cm³/mol. The minimum absolute atomic E-state index is 0.00578. The molecule has 10 heteroatoms. The molecule has 0 spiro atoms. The predicted octanol–water partition coefficient (Wildman–Crippen LogP) is 6.57. The van der Waals surface area contributed by atoms with E-state index in [0.29, 0.717) is 53.6 Å². The molecule has 1 aliphatic heterocycles. The molecule has 0 unspecified atom stereocenters. The Morgan fingerprint density at radius 2 is 1.85 bits per heavy atom. The van der Waals surface area contributed by atoms with Crippen molar-refractivity contribution in [2.24, 2.45) is 0 Å². The van der Waals surface area contributed by atoms with Gasteiger partial charge in [-0.25, -0.2) is 0 Å². The number of esters is 1. The van der Waals surface area contributed by atoms with Crippen LogP contribution >= 0.6 is 11.3 Å². The average molecular weight is 575 g/mol.